The van der Waals surface area contributed by atoms with Gasteiger partial charge in [-0.3, -0.25) is 10.1 Å². The highest BCUT2D eigenvalue weighted by Gasteiger charge is 2.13. The van der Waals surface area contributed by atoms with Crippen molar-refractivity contribution in [2.45, 2.75) is 0 Å². The summed E-state index contributed by atoms with van der Waals surface area (Å²) in [5.74, 6) is 1.14. The molecule has 0 aliphatic heterocycles. The van der Waals surface area contributed by atoms with Gasteiger partial charge in [-0.25, -0.2) is 4.98 Å². The van der Waals surface area contributed by atoms with Crippen molar-refractivity contribution in [3.05, 3.63) is 91.9 Å². The summed E-state index contributed by atoms with van der Waals surface area (Å²) in [6.07, 6.45) is 1.62. The second-order valence-corrected chi connectivity index (χ2v) is 7.52. The van der Waals surface area contributed by atoms with E-state index in [1.165, 1.54) is 23.5 Å². The maximum Gasteiger partial charge on any atom is 0.270 e. The van der Waals surface area contributed by atoms with Crippen molar-refractivity contribution in [1.82, 2.24) is 4.98 Å². The summed E-state index contributed by atoms with van der Waals surface area (Å²) in [5, 5.41) is 23.5. The van der Waals surface area contributed by atoms with Gasteiger partial charge in [0.15, 0.2) is 0 Å². The number of allylic oxidation sites excluding steroid dienone is 1. The van der Waals surface area contributed by atoms with Crippen molar-refractivity contribution in [3.63, 3.8) is 0 Å². The molecule has 0 unspecified atom stereocenters. The number of rotatable bonds is 5. The first kappa shape index (κ1) is 19.6. The minimum absolute atomic E-state index is 0.0118. The molecule has 0 aliphatic rings. The summed E-state index contributed by atoms with van der Waals surface area (Å²) in [7, 11) is 0. The lowest BCUT2D eigenvalue weighted by atomic mass is 10.1. The van der Waals surface area contributed by atoms with Crippen LogP contribution in [0.3, 0.4) is 0 Å². The van der Waals surface area contributed by atoms with E-state index < -0.39 is 4.92 Å². The van der Waals surface area contributed by atoms with Gasteiger partial charge in [0.25, 0.3) is 5.69 Å². The zero-order valence-corrected chi connectivity index (χ0v) is 16.9. The van der Waals surface area contributed by atoms with Crippen LogP contribution in [0.25, 0.3) is 34.2 Å². The van der Waals surface area contributed by atoms with E-state index in [9.17, 15) is 15.4 Å². The predicted octanol–water partition coefficient (Wildman–Crippen LogP) is 6.70. The zero-order valence-electron chi connectivity index (χ0n) is 15.3. The van der Waals surface area contributed by atoms with Crippen molar-refractivity contribution in [1.29, 1.82) is 5.26 Å². The van der Waals surface area contributed by atoms with Crippen LogP contribution in [0.5, 0.6) is 0 Å². The van der Waals surface area contributed by atoms with E-state index in [-0.39, 0.29) is 5.69 Å². The average molecular weight is 434 g/mol. The summed E-state index contributed by atoms with van der Waals surface area (Å²) < 4.78 is 5.83. The topological polar surface area (TPSA) is 93.0 Å². The van der Waals surface area contributed by atoms with E-state index in [1.54, 1.807) is 41.8 Å². The van der Waals surface area contributed by atoms with Crippen LogP contribution in [0.15, 0.2) is 70.5 Å². The van der Waals surface area contributed by atoms with Crippen LogP contribution >= 0.6 is 22.9 Å². The first-order chi connectivity index (χ1) is 14.5. The summed E-state index contributed by atoms with van der Waals surface area (Å²) in [6.45, 7) is 0. The summed E-state index contributed by atoms with van der Waals surface area (Å²) >= 11 is 7.31. The molecule has 0 atom stereocenters. The number of non-ortho nitro benzene ring substituents is 1. The van der Waals surface area contributed by atoms with Gasteiger partial charge in [0, 0.05) is 39.7 Å². The van der Waals surface area contributed by atoms with Gasteiger partial charge in [0.2, 0.25) is 0 Å². The highest BCUT2D eigenvalue weighted by atomic mass is 35.5. The number of nitro groups is 1. The van der Waals surface area contributed by atoms with Gasteiger partial charge in [-0.2, -0.15) is 5.26 Å². The van der Waals surface area contributed by atoms with Gasteiger partial charge in [-0.15, -0.1) is 11.3 Å². The Hall–Kier alpha value is -3.73. The Morgan fingerprint density at radius 1 is 1.17 bits per heavy atom. The molecule has 0 amide bonds. The molecule has 2 aromatic heterocycles. The predicted molar refractivity (Wildman–Crippen MR) is 117 cm³/mol. The van der Waals surface area contributed by atoms with Crippen molar-refractivity contribution in [2.24, 2.45) is 0 Å². The maximum atomic E-state index is 11.0. The van der Waals surface area contributed by atoms with Gasteiger partial charge >= 0.3 is 0 Å². The fourth-order valence-electron chi connectivity index (χ4n) is 2.82. The first-order valence-electron chi connectivity index (χ1n) is 8.72. The van der Waals surface area contributed by atoms with Gasteiger partial charge in [-0.05, 0) is 24.3 Å². The average Bonchev–Trinajstić information content (AvgIpc) is 3.42. The van der Waals surface area contributed by atoms with E-state index in [4.69, 9.17) is 16.0 Å². The molecule has 30 heavy (non-hydrogen) atoms. The Morgan fingerprint density at radius 3 is 2.73 bits per heavy atom. The molecule has 8 heteroatoms. The van der Waals surface area contributed by atoms with Crippen LogP contribution in [0.1, 0.15) is 10.8 Å². The monoisotopic (exact) mass is 433 g/mol. The molecule has 4 aromatic rings. The highest BCUT2D eigenvalue weighted by Crippen LogP contribution is 2.30. The quantitative estimate of drug-likeness (QED) is 0.198. The van der Waals surface area contributed by atoms with E-state index in [2.05, 4.69) is 11.1 Å². The number of aromatic nitrogens is 1. The molecule has 0 N–H and O–H groups in total. The Bertz CT molecular complexity index is 1320. The van der Waals surface area contributed by atoms with Crippen molar-refractivity contribution in [2.75, 3.05) is 0 Å². The Labute approximate surface area is 180 Å². The third-order valence-electron chi connectivity index (χ3n) is 4.23. The van der Waals surface area contributed by atoms with Crippen LogP contribution < -0.4 is 0 Å². The number of halogens is 1. The van der Waals surface area contributed by atoms with E-state index in [1.807, 2.05) is 18.2 Å². The van der Waals surface area contributed by atoms with Crippen LogP contribution in [0.2, 0.25) is 5.02 Å². The highest BCUT2D eigenvalue weighted by molar-refractivity contribution is 7.11. The number of thiazole rings is 1. The summed E-state index contributed by atoms with van der Waals surface area (Å²) in [5.41, 5.74) is 2.35. The summed E-state index contributed by atoms with van der Waals surface area (Å²) in [4.78, 5) is 15.0. The smallest absolute Gasteiger partial charge is 0.270 e. The molecule has 4 rings (SSSR count). The van der Waals surface area contributed by atoms with E-state index >= 15 is 0 Å². The maximum absolute atomic E-state index is 11.0. The van der Waals surface area contributed by atoms with Gasteiger partial charge in [0.05, 0.1) is 16.2 Å². The van der Waals surface area contributed by atoms with Crippen molar-refractivity contribution < 1.29 is 9.34 Å². The standard InChI is InChI=1S/C22H12ClN3O3S/c23-17-5-1-4-15(9-17)21-8-7-19(29-21)11-16(12-24)22-25-20(13-30-22)14-3-2-6-18(10-14)26(27)28/h1-11,13H/b16-11+. The second kappa shape index (κ2) is 8.33. The van der Waals surface area contributed by atoms with Crippen LogP contribution in [-0.4, -0.2) is 9.91 Å². The molecule has 0 saturated carbocycles. The van der Waals surface area contributed by atoms with Crippen LogP contribution in [0, 0.1) is 21.4 Å². The molecule has 0 radical (unpaired) electrons. The number of hydrogen-bond acceptors (Lipinski definition) is 6. The largest absolute Gasteiger partial charge is 0.457 e. The second-order valence-electron chi connectivity index (χ2n) is 6.23. The van der Waals surface area contributed by atoms with Crippen molar-refractivity contribution in [3.8, 4) is 28.7 Å². The number of nitriles is 1. The lowest BCUT2D eigenvalue weighted by Crippen LogP contribution is -1.88. The third-order valence-corrected chi connectivity index (χ3v) is 5.34. The zero-order chi connectivity index (χ0) is 21.1. The number of benzene rings is 2. The Morgan fingerprint density at radius 2 is 1.97 bits per heavy atom. The molecule has 2 aromatic carbocycles. The molecule has 146 valence electrons. The Kier molecular flexibility index (Phi) is 5.44. The van der Waals surface area contributed by atoms with Gasteiger partial charge in [0.1, 0.15) is 22.6 Å². The van der Waals surface area contributed by atoms with Gasteiger partial charge < -0.3 is 4.42 Å². The molecular weight excluding hydrogens is 422 g/mol. The first-order valence-corrected chi connectivity index (χ1v) is 9.97. The molecule has 2 heterocycles. The lowest BCUT2D eigenvalue weighted by Gasteiger charge is -1.98. The van der Waals surface area contributed by atoms with Crippen molar-refractivity contribution >= 4 is 40.3 Å². The molecule has 0 spiro atoms. The van der Waals surface area contributed by atoms with Crippen LogP contribution in [-0.2, 0) is 0 Å². The van der Waals surface area contributed by atoms with E-state index in [0.717, 1.165) is 5.56 Å². The lowest BCUT2D eigenvalue weighted by molar-refractivity contribution is -0.384. The minimum Gasteiger partial charge on any atom is -0.457 e. The third kappa shape index (κ3) is 4.15. The summed E-state index contributed by atoms with van der Waals surface area (Å²) in [6, 6.07) is 19.2. The number of hydrogen-bond donors (Lipinski definition) is 0. The van der Waals surface area contributed by atoms with Crippen LogP contribution in [0.4, 0.5) is 5.69 Å². The SMILES string of the molecule is N#C/C(=C\c1ccc(-c2cccc(Cl)c2)o1)c1nc(-c2cccc([N+](=O)[O-])c2)cs1. The number of nitro benzene ring substituents is 1. The van der Waals surface area contributed by atoms with E-state index in [0.29, 0.717) is 38.4 Å². The normalized spacial score (nSPS) is 11.3. The minimum atomic E-state index is -0.453. The molecule has 0 aliphatic carbocycles. The molecule has 0 bridgehead atoms. The fourth-order valence-corrected chi connectivity index (χ4v) is 3.81. The molecule has 0 saturated heterocycles. The Balaban J connectivity index is 1.63. The molecular formula is C22H12ClN3O3S. The number of nitrogens with zero attached hydrogens (tertiary/aromatic N) is 3. The molecule has 0 fully saturated rings. The van der Waals surface area contributed by atoms with Gasteiger partial charge in [-0.1, -0.05) is 35.9 Å². The fraction of sp³-hybridized carbons (Fsp3) is 0. The molecule has 6 nitrogen and oxygen atoms in total. The number of furan rings is 1.